The second-order valence-corrected chi connectivity index (χ2v) is 6.83. The summed E-state index contributed by atoms with van der Waals surface area (Å²) in [5, 5.41) is 0. The number of hydrogen-bond acceptors (Lipinski definition) is 2. The zero-order chi connectivity index (χ0) is 14.1. The van der Waals surface area contributed by atoms with Gasteiger partial charge in [0.1, 0.15) is 0 Å². The van der Waals surface area contributed by atoms with Gasteiger partial charge in [-0.3, -0.25) is 4.79 Å². The predicted octanol–water partition coefficient (Wildman–Crippen LogP) is 4.86. The Kier molecular flexibility index (Phi) is 3.75. The van der Waals surface area contributed by atoms with E-state index in [-0.39, 0.29) is 5.78 Å². The van der Waals surface area contributed by atoms with Gasteiger partial charge in [0, 0.05) is 10.4 Å². The minimum Gasteiger partial charge on any atom is -0.288 e. The molecule has 0 atom stereocenters. The number of hydrogen-bond donors (Lipinski definition) is 0. The first kappa shape index (κ1) is 13.6. The molecule has 1 aliphatic rings. The molecule has 0 amide bonds. The van der Waals surface area contributed by atoms with Gasteiger partial charge in [-0.2, -0.15) is 0 Å². The van der Waals surface area contributed by atoms with E-state index in [2.05, 4.69) is 19.1 Å². The van der Waals surface area contributed by atoms with Crippen LogP contribution in [0.25, 0.3) is 0 Å². The lowest BCUT2D eigenvalue weighted by Gasteiger charge is -2.06. The van der Waals surface area contributed by atoms with Crippen molar-refractivity contribution in [2.75, 3.05) is 0 Å². The summed E-state index contributed by atoms with van der Waals surface area (Å²) in [5.74, 6) is 0.198. The largest absolute Gasteiger partial charge is 0.288 e. The summed E-state index contributed by atoms with van der Waals surface area (Å²) < 4.78 is 0. The molecule has 3 rings (SSSR count). The minimum absolute atomic E-state index is 0.198. The maximum Gasteiger partial charge on any atom is 0.203 e. The average molecular weight is 284 g/mol. The molecule has 1 heterocycles. The molecule has 1 aromatic heterocycles. The van der Waals surface area contributed by atoms with E-state index in [0.29, 0.717) is 0 Å². The van der Waals surface area contributed by atoms with Crippen LogP contribution in [0.2, 0.25) is 0 Å². The molecule has 0 N–H and O–H groups in total. The van der Waals surface area contributed by atoms with E-state index in [4.69, 9.17) is 0 Å². The summed E-state index contributed by atoms with van der Waals surface area (Å²) in [5.41, 5.74) is 4.58. The maximum absolute atomic E-state index is 12.7. The number of ketones is 1. The van der Waals surface area contributed by atoms with Crippen LogP contribution in [0.3, 0.4) is 0 Å². The van der Waals surface area contributed by atoms with Gasteiger partial charge < -0.3 is 0 Å². The molecule has 0 saturated heterocycles. The molecule has 1 aliphatic carbocycles. The lowest BCUT2D eigenvalue weighted by molar-refractivity contribution is 0.104. The van der Waals surface area contributed by atoms with Crippen LogP contribution in [0, 0.1) is 13.8 Å². The van der Waals surface area contributed by atoms with Crippen molar-refractivity contribution >= 4 is 17.1 Å². The number of thiophene rings is 1. The van der Waals surface area contributed by atoms with Crippen LogP contribution in [0.1, 0.15) is 56.1 Å². The number of carbonyl (C=O) groups is 1. The third-order valence-corrected chi connectivity index (χ3v) is 5.56. The Balaban J connectivity index is 1.97. The van der Waals surface area contributed by atoms with Gasteiger partial charge in [0.2, 0.25) is 5.78 Å². The number of aryl methyl sites for hydroxylation is 3. The summed E-state index contributed by atoms with van der Waals surface area (Å²) in [6.07, 6.45) is 6.15. The van der Waals surface area contributed by atoms with Crippen LogP contribution < -0.4 is 0 Å². The first-order valence-electron chi connectivity index (χ1n) is 7.39. The normalized spacial score (nSPS) is 14.7. The molecule has 2 heteroatoms. The van der Waals surface area contributed by atoms with Gasteiger partial charge >= 0.3 is 0 Å². The number of rotatable bonds is 2. The Morgan fingerprint density at radius 1 is 1.10 bits per heavy atom. The van der Waals surface area contributed by atoms with Gasteiger partial charge in [-0.1, -0.05) is 24.6 Å². The second-order valence-electron chi connectivity index (χ2n) is 5.70. The van der Waals surface area contributed by atoms with Crippen LogP contribution >= 0.6 is 11.3 Å². The highest BCUT2D eigenvalue weighted by Crippen LogP contribution is 2.31. The zero-order valence-electron chi connectivity index (χ0n) is 12.2. The van der Waals surface area contributed by atoms with Crippen LogP contribution in [0.15, 0.2) is 24.3 Å². The third kappa shape index (κ3) is 2.45. The molecular weight excluding hydrogens is 264 g/mol. The fraction of sp³-hybridized carbons (Fsp3) is 0.389. The first-order chi connectivity index (χ1) is 9.66. The predicted molar refractivity (Wildman–Crippen MR) is 84.9 cm³/mol. The fourth-order valence-electron chi connectivity index (χ4n) is 2.91. The van der Waals surface area contributed by atoms with Crippen molar-refractivity contribution in [1.82, 2.24) is 0 Å². The monoisotopic (exact) mass is 284 g/mol. The van der Waals surface area contributed by atoms with E-state index in [1.807, 2.05) is 19.1 Å². The Hall–Kier alpha value is -1.41. The van der Waals surface area contributed by atoms with Crippen molar-refractivity contribution in [3.63, 3.8) is 0 Å². The highest BCUT2D eigenvalue weighted by Gasteiger charge is 2.19. The van der Waals surface area contributed by atoms with E-state index in [1.165, 1.54) is 35.3 Å². The fourth-order valence-corrected chi connectivity index (χ4v) is 4.12. The molecule has 0 unspecified atom stereocenters. The second kappa shape index (κ2) is 5.53. The third-order valence-electron chi connectivity index (χ3n) is 4.32. The quantitative estimate of drug-likeness (QED) is 0.568. The van der Waals surface area contributed by atoms with Crippen molar-refractivity contribution in [3.05, 3.63) is 56.3 Å². The average Bonchev–Trinajstić information content (AvgIpc) is 2.72. The lowest BCUT2D eigenvalue weighted by Crippen LogP contribution is -2.02. The first-order valence-corrected chi connectivity index (χ1v) is 8.21. The van der Waals surface area contributed by atoms with Crippen molar-refractivity contribution in [2.24, 2.45) is 0 Å². The molecule has 0 aliphatic heterocycles. The standard InChI is InChI=1S/C18H20OS/c1-12-7-6-9-15(13(12)2)18(19)17-11-14-8-4-3-5-10-16(14)20-17/h6-7,9,11H,3-5,8,10H2,1-2H3. The van der Waals surface area contributed by atoms with E-state index in [0.717, 1.165) is 28.8 Å². The molecule has 1 aromatic carbocycles. The SMILES string of the molecule is Cc1cccc(C(=O)c2cc3c(s2)CCCCC3)c1C. The Bertz CT molecular complexity index is 628. The molecule has 0 radical (unpaired) electrons. The molecule has 2 aromatic rings. The van der Waals surface area contributed by atoms with Crippen molar-refractivity contribution < 1.29 is 4.79 Å². The van der Waals surface area contributed by atoms with Gasteiger partial charge in [-0.25, -0.2) is 0 Å². The summed E-state index contributed by atoms with van der Waals surface area (Å²) in [4.78, 5) is 15.1. The maximum atomic E-state index is 12.7. The van der Waals surface area contributed by atoms with Gasteiger partial charge in [-0.05, 0) is 62.3 Å². The Morgan fingerprint density at radius 3 is 2.75 bits per heavy atom. The van der Waals surface area contributed by atoms with Crippen LogP contribution in [0.5, 0.6) is 0 Å². The van der Waals surface area contributed by atoms with E-state index >= 15 is 0 Å². The van der Waals surface area contributed by atoms with Gasteiger partial charge in [0.25, 0.3) is 0 Å². The summed E-state index contributed by atoms with van der Waals surface area (Å²) in [6, 6.07) is 8.15. The molecule has 0 spiro atoms. The highest BCUT2D eigenvalue weighted by molar-refractivity contribution is 7.14. The van der Waals surface area contributed by atoms with Crippen LogP contribution in [0.4, 0.5) is 0 Å². The zero-order valence-corrected chi connectivity index (χ0v) is 13.0. The topological polar surface area (TPSA) is 17.1 Å². The van der Waals surface area contributed by atoms with Crippen LogP contribution in [-0.2, 0) is 12.8 Å². The number of carbonyl (C=O) groups excluding carboxylic acids is 1. The number of benzene rings is 1. The lowest BCUT2D eigenvalue weighted by atomic mass is 9.99. The summed E-state index contributed by atoms with van der Waals surface area (Å²) >= 11 is 1.72. The minimum atomic E-state index is 0.198. The Morgan fingerprint density at radius 2 is 1.90 bits per heavy atom. The molecule has 0 fully saturated rings. The smallest absolute Gasteiger partial charge is 0.203 e. The van der Waals surface area contributed by atoms with E-state index in [1.54, 1.807) is 11.3 Å². The van der Waals surface area contributed by atoms with Gasteiger partial charge in [0.05, 0.1) is 4.88 Å². The highest BCUT2D eigenvalue weighted by atomic mass is 32.1. The molecule has 20 heavy (non-hydrogen) atoms. The molecule has 0 saturated carbocycles. The van der Waals surface area contributed by atoms with E-state index in [9.17, 15) is 4.79 Å². The molecule has 0 bridgehead atoms. The summed E-state index contributed by atoms with van der Waals surface area (Å²) in [7, 11) is 0. The van der Waals surface area contributed by atoms with E-state index < -0.39 is 0 Å². The van der Waals surface area contributed by atoms with Gasteiger partial charge in [-0.15, -0.1) is 11.3 Å². The molecule has 1 nitrogen and oxygen atoms in total. The molecular formula is C18H20OS. The molecule has 104 valence electrons. The Labute approximate surface area is 124 Å². The van der Waals surface area contributed by atoms with Crippen LogP contribution in [-0.4, -0.2) is 5.78 Å². The summed E-state index contributed by atoms with van der Waals surface area (Å²) in [6.45, 7) is 4.11. The van der Waals surface area contributed by atoms with Crippen molar-refractivity contribution in [1.29, 1.82) is 0 Å². The van der Waals surface area contributed by atoms with Crippen molar-refractivity contribution in [3.8, 4) is 0 Å². The van der Waals surface area contributed by atoms with Gasteiger partial charge in [0.15, 0.2) is 0 Å². The number of fused-ring (bicyclic) bond motifs is 1. The van der Waals surface area contributed by atoms with Crippen molar-refractivity contribution in [2.45, 2.75) is 46.0 Å².